The predicted molar refractivity (Wildman–Crippen MR) is 88.2 cm³/mol. The summed E-state index contributed by atoms with van der Waals surface area (Å²) in [7, 11) is 3.25. The molecular formula is C18H23NO3. The first-order valence-corrected chi connectivity index (χ1v) is 7.60. The molecule has 4 nitrogen and oxygen atoms in total. The molecule has 1 amide bonds. The normalized spacial score (nSPS) is 15.5. The third kappa shape index (κ3) is 4.38. The third-order valence-corrected chi connectivity index (χ3v) is 3.73. The molecule has 0 spiro atoms. The van der Waals surface area contributed by atoms with Crippen LogP contribution < -0.4 is 9.47 Å². The van der Waals surface area contributed by atoms with Crippen LogP contribution in [0.2, 0.25) is 0 Å². The van der Waals surface area contributed by atoms with Gasteiger partial charge in [-0.2, -0.15) is 0 Å². The van der Waals surface area contributed by atoms with E-state index < -0.39 is 0 Å². The molecule has 2 rings (SSSR count). The Morgan fingerprint density at radius 1 is 1.09 bits per heavy atom. The molecule has 0 saturated carbocycles. The van der Waals surface area contributed by atoms with E-state index in [9.17, 15) is 4.79 Å². The van der Waals surface area contributed by atoms with Crippen LogP contribution in [0, 0.1) is 0 Å². The number of benzene rings is 1. The summed E-state index contributed by atoms with van der Waals surface area (Å²) in [4.78, 5) is 13.9. The van der Waals surface area contributed by atoms with Crippen LogP contribution in [0.15, 0.2) is 36.4 Å². The SMILES string of the molecule is COc1ccc(C=CC=CC(=O)N2CCCCC2)c(OC)c1. The Bertz CT molecular complexity index is 557. The lowest BCUT2D eigenvalue weighted by molar-refractivity contribution is -0.126. The maximum absolute atomic E-state index is 12.0. The summed E-state index contributed by atoms with van der Waals surface area (Å²) >= 11 is 0. The topological polar surface area (TPSA) is 38.8 Å². The minimum atomic E-state index is 0.0889. The zero-order valence-electron chi connectivity index (χ0n) is 13.2. The quantitative estimate of drug-likeness (QED) is 0.619. The lowest BCUT2D eigenvalue weighted by atomic mass is 10.1. The Labute approximate surface area is 132 Å². The Balaban J connectivity index is 1.96. The van der Waals surface area contributed by atoms with Gasteiger partial charge < -0.3 is 14.4 Å². The Morgan fingerprint density at radius 2 is 1.86 bits per heavy atom. The lowest BCUT2D eigenvalue weighted by Gasteiger charge is -2.25. The molecule has 118 valence electrons. The van der Waals surface area contributed by atoms with Gasteiger partial charge in [0.1, 0.15) is 11.5 Å². The molecule has 0 aromatic heterocycles. The van der Waals surface area contributed by atoms with E-state index in [-0.39, 0.29) is 5.91 Å². The second-order valence-corrected chi connectivity index (χ2v) is 5.21. The van der Waals surface area contributed by atoms with Crippen LogP contribution in [0.4, 0.5) is 0 Å². The molecule has 1 aliphatic rings. The predicted octanol–water partition coefficient (Wildman–Crippen LogP) is 3.29. The number of nitrogens with zero attached hydrogens (tertiary/aromatic N) is 1. The van der Waals surface area contributed by atoms with Crippen molar-refractivity contribution in [1.29, 1.82) is 0 Å². The first-order valence-electron chi connectivity index (χ1n) is 7.60. The van der Waals surface area contributed by atoms with Crippen LogP contribution in [0.1, 0.15) is 24.8 Å². The Hall–Kier alpha value is -2.23. The molecule has 1 aromatic carbocycles. The van der Waals surface area contributed by atoms with Crippen molar-refractivity contribution in [3.05, 3.63) is 42.0 Å². The molecule has 1 saturated heterocycles. The molecule has 0 atom stereocenters. The average Bonchev–Trinajstić information content (AvgIpc) is 2.59. The van der Waals surface area contributed by atoms with Gasteiger partial charge in [0.2, 0.25) is 5.91 Å². The van der Waals surface area contributed by atoms with Gasteiger partial charge in [-0.15, -0.1) is 0 Å². The maximum atomic E-state index is 12.0. The van der Waals surface area contributed by atoms with E-state index in [0.29, 0.717) is 0 Å². The highest BCUT2D eigenvalue weighted by atomic mass is 16.5. The van der Waals surface area contributed by atoms with Crippen molar-refractivity contribution in [2.24, 2.45) is 0 Å². The van der Waals surface area contributed by atoms with Gasteiger partial charge in [-0.1, -0.05) is 18.2 Å². The Kier molecular flexibility index (Phi) is 6.07. The van der Waals surface area contributed by atoms with Gasteiger partial charge in [-0.05, 0) is 31.4 Å². The molecule has 0 bridgehead atoms. The highest BCUT2D eigenvalue weighted by molar-refractivity contribution is 5.88. The number of hydrogen-bond acceptors (Lipinski definition) is 3. The number of hydrogen-bond donors (Lipinski definition) is 0. The zero-order chi connectivity index (χ0) is 15.8. The zero-order valence-corrected chi connectivity index (χ0v) is 13.2. The number of likely N-dealkylation sites (tertiary alicyclic amines) is 1. The minimum Gasteiger partial charge on any atom is -0.497 e. The smallest absolute Gasteiger partial charge is 0.246 e. The molecule has 4 heteroatoms. The molecule has 0 aliphatic carbocycles. The summed E-state index contributed by atoms with van der Waals surface area (Å²) in [6, 6.07) is 5.64. The number of amides is 1. The van der Waals surface area contributed by atoms with Gasteiger partial charge in [0.15, 0.2) is 0 Å². The second-order valence-electron chi connectivity index (χ2n) is 5.21. The summed E-state index contributed by atoms with van der Waals surface area (Å²) in [5.74, 6) is 1.59. The van der Waals surface area contributed by atoms with Crippen molar-refractivity contribution in [2.75, 3.05) is 27.3 Å². The summed E-state index contributed by atoms with van der Waals surface area (Å²) < 4.78 is 10.5. The summed E-state index contributed by atoms with van der Waals surface area (Å²) in [5.41, 5.74) is 0.943. The number of ether oxygens (including phenoxy) is 2. The second kappa shape index (κ2) is 8.27. The van der Waals surface area contributed by atoms with E-state index in [4.69, 9.17) is 9.47 Å². The maximum Gasteiger partial charge on any atom is 0.246 e. The minimum absolute atomic E-state index is 0.0889. The summed E-state index contributed by atoms with van der Waals surface area (Å²) in [5, 5.41) is 0. The van der Waals surface area contributed by atoms with Crippen LogP contribution in [-0.4, -0.2) is 38.1 Å². The van der Waals surface area contributed by atoms with Gasteiger partial charge >= 0.3 is 0 Å². The molecule has 0 unspecified atom stereocenters. The van der Waals surface area contributed by atoms with E-state index in [0.717, 1.165) is 43.0 Å². The highest BCUT2D eigenvalue weighted by Crippen LogP contribution is 2.25. The number of carbonyl (C=O) groups is 1. The monoisotopic (exact) mass is 301 g/mol. The molecular weight excluding hydrogens is 278 g/mol. The van der Waals surface area contributed by atoms with E-state index >= 15 is 0 Å². The van der Waals surface area contributed by atoms with Crippen molar-refractivity contribution < 1.29 is 14.3 Å². The van der Waals surface area contributed by atoms with Crippen LogP contribution in [-0.2, 0) is 4.79 Å². The van der Waals surface area contributed by atoms with Crippen molar-refractivity contribution >= 4 is 12.0 Å². The van der Waals surface area contributed by atoms with E-state index in [1.807, 2.05) is 35.3 Å². The lowest BCUT2D eigenvalue weighted by Crippen LogP contribution is -2.34. The fraction of sp³-hybridized carbons (Fsp3) is 0.389. The van der Waals surface area contributed by atoms with Crippen LogP contribution in [0.25, 0.3) is 6.08 Å². The van der Waals surface area contributed by atoms with Gasteiger partial charge in [0, 0.05) is 30.8 Å². The largest absolute Gasteiger partial charge is 0.497 e. The first-order chi connectivity index (χ1) is 10.7. The van der Waals surface area contributed by atoms with Crippen LogP contribution >= 0.6 is 0 Å². The number of rotatable bonds is 5. The number of methoxy groups -OCH3 is 2. The molecule has 0 radical (unpaired) electrons. The fourth-order valence-electron chi connectivity index (χ4n) is 2.47. The Morgan fingerprint density at radius 3 is 2.55 bits per heavy atom. The third-order valence-electron chi connectivity index (χ3n) is 3.73. The van der Waals surface area contributed by atoms with Gasteiger partial charge in [-0.3, -0.25) is 4.79 Å². The number of carbonyl (C=O) groups excluding carboxylic acids is 1. The van der Waals surface area contributed by atoms with Crippen molar-refractivity contribution in [3.8, 4) is 11.5 Å². The number of allylic oxidation sites excluding steroid dienone is 2. The molecule has 1 heterocycles. The van der Waals surface area contributed by atoms with Crippen LogP contribution in [0.3, 0.4) is 0 Å². The molecule has 1 aromatic rings. The average molecular weight is 301 g/mol. The summed E-state index contributed by atoms with van der Waals surface area (Å²) in [6.45, 7) is 1.75. The number of piperidine rings is 1. The van der Waals surface area contributed by atoms with Gasteiger partial charge in [-0.25, -0.2) is 0 Å². The fourth-order valence-corrected chi connectivity index (χ4v) is 2.47. The standard InChI is InChI=1S/C18H23NO3/c1-21-16-11-10-15(17(14-16)22-2)8-4-5-9-18(20)19-12-6-3-7-13-19/h4-5,8-11,14H,3,6-7,12-13H2,1-2H3. The van der Waals surface area contributed by atoms with Crippen molar-refractivity contribution in [1.82, 2.24) is 4.90 Å². The highest BCUT2D eigenvalue weighted by Gasteiger charge is 2.13. The van der Waals surface area contributed by atoms with Crippen LogP contribution in [0.5, 0.6) is 11.5 Å². The van der Waals surface area contributed by atoms with Gasteiger partial charge in [0.05, 0.1) is 14.2 Å². The first kappa shape index (κ1) is 16.1. The molecule has 0 N–H and O–H groups in total. The summed E-state index contributed by atoms with van der Waals surface area (Å²) in [6.07, 6.45) is 10.6. The molecule has 22 heavy (non-hydrogen) atoms. The van der Waals surface area contributed by atoms with Crippen molar-refractivity contribution in [2.45, 2.75) is 19.3 Å². The van der Waals surface area contributed by atoms with E-state index in [1.165, 1.54) is 6.42 Å². The molecule has 1 fully saturated rings. The van der Waals surface area contributed by atoms with Gasteiger partial charge in [0.25, 0.3) is 0 Å². The van der Waals surface area contributed by atoms with E-state index in [2.05, 4.69) is 0 Å². The van der Waals surface area contributed by atoms with E-state index in [1.54, 1.807) is 26.4 Å². The van der Waals surface area contributed by atoms with Crippen molar-refractivity contribution in [3.63, 3.8) is 0 Å². The molecule has 1 aliphatic heterocycles.